The zero-order valence-electron chi connectivity index (χ0n) is 11.7. The molecule has 0 aromatic heterocycles. The lowest BCUT2D eigenvalue weighted by Crippen LogP contribution is -2.00. The van der Waals surface area contributed by atoms with Crippen molar-refractivity contribution >= 4 is 22.5 Å². The molecule has 1 N–H and O–H groups in total. The van der Waals surface area contributed by atoms with Gasteiger partial charge in [0.15, 0.2) is 17.4 Å². The fraction of sp³-hybridized carbons (Fsp3) is 0.235. The molecule has 1 aromatic carbocycles. The van der Waals surface area contributed by atoms with Crippen LogP contribution in [0.5, 0.6) is 0 Å². The van der Waals surface area contributed by atoms with Gasteiger partial charge < -0.3 is 5.21 Å². The molecule has 4 aliphatic rings. The second-order valence-electron chi connectivity index (χ2n) is 6.01. The van der Waals surface area contributed by atoms with Gasteiger partial charge in [-0.25, -0.2) is 4.98 Å². The van der Waals surface area contributed by atoms with E-state index < -0.39 is 0 Å². The Bertz CT molecular complexity index is 984. The highest BCUT2D eigenvalue weighted by molar-refractivity contribution is 6.31. The van der Waals surface area contributed by atoms with Crippen molar-refractivity contribution in [2.24, 2.45) is 0 Å². The minimum Gasteiger partial charge on any atom is -0.427 e. The predicted molar refractivity (Wildman–Crippen MR) is 78.8 cm³/mol. The number of nitrogens with zero attached hydrogens (tertiary/aromatic N) is 2. The molecule has 22 heavy (non-hydrogen) atoms. The zero-order chi connectivity index (χ0) is 15.0. The summed E-state index contributed by atoms with van der Waals surface area (Å²) in [7, 11) is 0. The fourth-order valence-corrected chi connectivity index (χ4v) is 4.02. The molecule has 0 saturated heterocycles. The molecule has 0 unspecified atom stereocenters. The number of benzene rings is 1. The van der Waals surface area contributed by atoms with Crippen LogP contribution < -0.4 is 0 Å². The van der Waals surface area contributed by atoms with Crippen LogP contribution in [0, 0.1) is 0 Å². The first kappa shape index (κ1) is 11.9. The number of carbonyl (C=O) groups excluding carboxylic acids is 2. The largest absolute Gasteiger partial charge is 0.427 e. The Kier molecular flexibility index (Phi) is 2.02. The number of carbonyl (C=O) groups is 2. The monoisotopic (exact) mass is 292 g/mol. The number of hydrogen-bond donors (Lipinski definition) is 1. The molecular weight excluding hydrogens is 280 g/mol. The van der Waals surface area contributed by atoms with E-state index in [1.165, 1.54) is 6.20 Å². The Morgan fingerprint density at radius 3 is 2.73 bits per heavy atom. The molecule has 0 amide bonds. The summed E-state index contributed by atoms with van der Waals surface area (Å²) < 4.78 is 0.977. The number of aryl methyl sites for hydroxylation is 1. The van der Waals surface area contributed by atoms with Gasteiger partial charge in [-0.2, -0.15) is 4.73 Å². The number of hydrogen-bond acceptors (Lipinski definition) is 4. The number of fused-ring (bicyclic) bond motifs is 8. The summed E-state index contributed by atoms with van der Waals surface area (Å²) >= 11 is 0. The van der Waals surface area contributed by atoms with E-state index in [0.29, 0.717) is 17.0 Å². The number of aromatic nitrogens is 2. The summed E-state index contributed by atoms with van der Waals surface area (Å²) in [6.07, 6.45) is 4.15. The molecule has 1 aromatic rings. The first-order chi connectivity index (χ1) is 10.7. The lowest BCUT2D eigenvalue weighted by Gasteiger charge is -2.08. The van der Waals surface area contributed by atoms with E-state index in [0.717, 1.165) is 51.6 Å². The zero-order valence-corrected chi connectivity index (χ0v) is 11.7. The van der Waals surface area contributed by atoms with E-state index >= 15 is 0 Å². The SMILES string of the molecule is O=C1CC(=O)c2c1c1c(c3nc4n(O)cccc-4c23)CCC1. The van der Waals surface area contributed by atoms with Crippen molar-refractivity contribution in [3.63, 3.8) is 0 Å². The second kappa shape index (κ2) is 3.74. The maximum atomic E-state index is 12.4. The van der Waals surface area contributed by atoms with Gasteiger partial charge in [-0.05, 0) is 42.5 Å². The summed E-state index contributed by atoms with van der Waals surface area (Å²) in [5.41, 5.74) is 4.73. The third-order valence-electron chi connectivity index (χ3n) is 4.86. The normalized spacial score (nSPS) is 16.7. The number of ketones is 2. The van der Waals surface area contributed by atoms with Crippen molar-refractivity contribution in [2.75, 3.05) is 0 Å². The van der Waals surface area contributed by atoms with Crippen LogP contribution in [-0.2, 0) is 12.8 Å². The predicted octanol–water partition coefficient (Wildman–Crippen LogP) is 2.64. The minimum atomic E-state index is -0.123. The van der Waals surface area contributed by atoms with Gasteiger partial charge in [0.1, 0.15) is 0 Å². The topological polar surface area (TPSA) is 72.2 Å². The van der Waals surface area contributed by atoms with Crippen LogP contribution in [0.25, 0.3) is 22.3 Å². The van der Waals surface area contributed by atoms with Crippen molar-refractivity contribution in [2.45, 2.75) is 25.7 Å². The van der Waals surface area contributed by atoms with Crippen LogP contribution >= 0.6 is 0 Å². The average Bonchev–Trinajstić information content (AvgIpc) is 3.15. The molecule has 0 radical (unpaired) electrons. The molecule has 0 fully saturated rings. The van der Waals surface area contributed by atoms with Gasteiger partial charge >= 0.3 is 0 Å². The Morgan fingerprint density at radius 2 is 1.86 bits per heavy atom. The summed E-state index contributed by atoms with van der Waals surface area (Å²) in [4.78, 5) is 29.3. The van der Waals surface area contributed by atoms with Crippen molar-refractivity contribution in [3.05, 3.63) is 40.6 Å². The molecule has 0 saturated carbocycles. The van der Waals surface area contributed by atoms with Crippen molar-refractivity contribution in [1.82, 2.24) is 9.71 Å². The Balaban J connectivity index is 2.08. The molecular formula is C17H12N2O3. The molecule has 2 aliphatic heterocycles. The maximum absolute atomic E-state index is 12.4. The smallest absolute Gasteiger partial charge is 0.176 e. The first-order valence-electron chi connectivity index (χ1n) is 7.41. The minimum absolute atomic E-state index is 0.0421. The van der Waals surface area contributed by atoms with Crippen LogP contribution in [0.2, 0.25) is 0 Å². The molecule has 5 rings (SSSR count). The highest BCUT2D eigenvalue weighted by Gasteiger charge is 2.38. The van der Waals surface area contributed by atoms with Gasteiger partial charge in [0.25, 0.3) is 0 Å². The quantitative estimate of drug-likeness (QED) is 0.510. The highest BCUT2D eigenvalue weighted by Crippen LogP contribution is 2.44. The Morgan fingerprint density at radius 1 is 1.09 bits per heavy atom. The number of rotatable bonds is 0. The van der Waals surface area contributed by atoms with Crippen LogP contribution in [0.15, 0.2) is 18.3 Å². The summed E-state index contributed by atoms with van der Waals surface area (Å²) in [5, 5.41) is 10.7. The van der Waals surface area contributed by atoms with Gasteiger partial charge in [-0.1, -0.05) is 0 Å². The molecule has 0 spiro atoms. The van der Waals surface area contributed by atoms with Crippen molar-refractivity contribution in [3.8, 4) is 11.4 Å². The summed E-state index contributed by atoms with van der Waals surface area (Å²) in [6.45, 7) is 0. The van der Waals surface area contributed by atoms with E-state index in [4.69, 9.17) is 0 Å². The molecule has 2 aliphatic carbocycles. The van der Waals surface area contributed by atoms with Crippen molar-refractivity contribution < 1.29 is 14.8 Å². The van der Waals surface area contributed by atoms with Gasteiger partial charge in [-0.3, -0.25) is 9.59 Å². The Labute approximate surface area is 125 Å². The van der Waals surface area contributed by atoms with E-state index in [-0.39, 0.29) is 18.0 Å². The van der Waals surface area contributed by atoms with Crippen LogP contribution in [0.4, 0.5) is 0 Å². The number of pyridine rings is 1. The molecule has 2 heterocycles. The van der Waals surface area contributed by atoms with Crippen LogP contribution in [-0.4, -0.2) is 26.5 Å². The molecule has 108 valence electrons. The standard InChI is InChI=1S/C17H12N2O3/c20-11-7-12(21)15-13(11)8-3-1-4-9(8)16-14(15)10-5-2-6-19(22)17(10)18-16/h2,5-6,22H,1,3-4,7H2. The van der Waals surface area contributed by atoms with Gasteiger partial charge in [0, 0.05) is 28.3 Å². The summed E-state index contributed by atoms with van der Waals surface area (Å²) in [6, 6.07) is 3.55. The number of Topliss-reactive ketones (excluding diaryl/α,β-unsaturated/α-hetero) is 2. The van der Waals surface area contributed by atoms with Gasteiger partial charge in [-0.15, -0.1) is 0 Å². The van der Waals surface area contributed by atoms with E-state index in [1.54, 1.807) is 6.07 Å². The van der Waals surface area contributed by atoms with Gasteiger partial charge in [0.2, 0.25) is 0 Å². The summed E-state index contributed by atoms with van der Waals surface area (Å²) in [5.74, 6) is 0.247. The third kappa shape index (κ3) is 1.23. The Hall–Kier alpha value is -2.69. The third-order valence-corrected chi connectivity index (χ3v) is 4.86. The lowest BCUT2D eigenvalue weighted by molar-refractivity contribution is 0.0923. The van der Waals surface area contributed by atoms with E-state index in [9.17, 15) is 14.8 Å². The highest BCUT2D eigenvalue weighted by atomic mass is 16.5. The second-order valence-corrected chi connectivity index (χ2v) is 6.01. The molecule has 5 heteroatoms. The van der Waals surface area contributed by atoms with Gasteiger partial charge in [0.05, 0.1) is 11.9 Å². The molecule has 0 atom stereocenters. The van der Waals surface area contributed by atoms with Crippen LogP contribution in [0.3, 0.4) is 0 Å². The maximum Gasteiger partial charge on any atom is 0.176 e. The van der Waals surface area contributed by atoms with Crippen molar-refractivity contribution in [1.29, 1.82) is 0 Å². The molecule has 0 bridgehead atoms. The lowest BCUT2D eigenvalue weighted by atomic mass is 9.93. The van der Waals surface area contributed by atoms with Crippen LogP contribution in [0.1, 0.15) is 44.7 Å². The van der Waals surface area contributed by atoms with E-state index in [1.807, 2.05) is 6.07 Å². The molecule has 5 nitrogen and oxygen atoms in total. The average molecular weight is 292 g/mol. The fourth-order valence-electron chi connectivity index (χ4n) is 4.02. The van der Waals surface area contributed by atoms with E-state index in [2.05, 4.69) is 4.98 Å². The first-order valence-corrected chi connectivity index (χ1v) is 7.41.